The number of hydrogen-bond donors (Lipinski definition) is 8. The van der Waals surface area contributed by atoms with Gasteiger partial charge in [0.2, 0.25) is 0 Å². The summed E-state index contributed by atoms with van der Waals surface area (Å²) in [5.41, 5.74) is 4.78. The molecule has 3 rings (SSSR count). The summed E-state index contributed by atoms with van der Waals surface area (Å²) in [6.07, 6.45) is 85.0. The van der Waals surface area contributed by atoms with Gasteiger partial charge in [-0.05, 0) is 217 Å². The molecule has 0 aromatic heterocycles. The van der Waals surface area contributed by atoms with E-state index in [9.17, 15) is 39.3 Å². The van der Waals surface area contributed by atoms with Gasteiger partial charge >= 0.3 is 53.4 Å². The summed E-state index contributed by atoms with van der Waals surface area (Å²) < 4.78 is 23.4. The molecule has 4 unspecified atom stereocenters. The first-order valence-corrected chi connectivity index (χ1v) is 59.6. The molecule has 23 heteroatoms. The number of unbranched alkanes of at least 4 members (excludes halogenated alkanes) is 40. The van der Waals surface area contributed by atoms with E-state index >= 15 is 0 Å². The van der Waals surface area contributed by atoms with E-state index in [1.165, 1.54) is 308 Å². The molecule has 0 amide bonds. The molecule has 0 saturated heterocycles. The van der Waals surface area contributed by atoms with E-state index in [1.54, 1.807) is 0 Å². The van der Waals surface area contributed by atoms with Crippen LogP contribution in [0.15, 0.2) is 0 Å². The third kappa shape index (κ3) is 105. The summed E-state index contributed by atoms with van der Waals surface area (Å²) in [7, 11) is 0. The molecule has 0 aromatic carbocycles. The zero-order valence-electron chi connectivity index (χ0n) is 93.9. The second-order valence-electron chi connectivity index (χ2n) is 41.6. The van der Waals surface area contributed by atoms with Gasteiger partial charge in [-0.15, -0.1) is 11.6 Å². The Bertz CT molecular complexity index is 2400. The normalized spacial score (nSPS) is 16.1. The minimum absolute atomic E-state index is 0. The van der Waals surface area contributed by atoms with Gasteiger partial charge in [0.15, 0.2) is 0 Å². The van der Waals surface area contributed by atoms with Crippen LogP contribution in [0.5, 0.6) is 0 Å². The number of rotatable bonds is 92. The smallest absolute Gasteiger partial charge is 1.00 e. The number of nitrogens with two attached hydrogens (primary N) is 1. The molecular weight excluding hydrogens is 1800 g/mol. The number of carbonyl (C=O) groups excluding carboxylic acids is 5. The van der Waals surface area contributed by atoms with Crippen LogP contribution in [0, 0.1) is 23.7 Å². The molecule has 3 aliphatic carbocycles. The second-order valence-corrected chi connectivity index (χ2v) is 42.0. The number of hydrogen-bond acceptors (Lipinski definition) is 20. The van der Waals surface area contributed by atoms with Gasteiger partial charge in [0, 0.05) is 104 Å². The Hall–Kier alpha value is -1.54. The van der Waals surface area contributed by atoms with Crippen molar-refractivity contribution in [2.75, 3.05) is 118 Å². The van der Waals surface area contributed by atoms with Crippen LogP contribution in [0.1, 0.15) is 560 Å². The van der Waals surface area contributed by atoms with Gasteiger partial charge in [0.25, 0.3) is 0 Å². The Balaban J connectivity index is -0.000000407. The number of carbonyl (C=O) groups is 5. The predicted molar refractivity (Wildman–Crippen MR) is 598 cm³/mol. The fourth-order valence-corrected chi connectivity index (χ4v) is 19.6. The number of halogens is 1. The summed E-state index contributed by atoms with van der Waals surface area (Å²) in [5, 5.41) is 57.6. The number of alkyl halides is 1. The van der Waals surface area contributed by atoms with E-state index in [-0.39, 0.29) is 116 Å². The Morgan fingerprint density at radius 1 is 0.333 bits per heavy atom. The number of ether oxygens (including phenoxy) is 4. The van der Waals surface area contributed by atoms with Crippen LogP contribution in [0.3, 0.4) is 0 Å². The zero-order chi connectivity index (χ0) is 101. The number of Topliss-reactive ketones (excluding diaryl/α,β-unsaturated/α-hetero) is 1. The summed E-state index contributed by atoms with van der Waals surface area (Å²) in [5.74, 6) is 2.91. The topological polar surface area (TPSA) is 291 Å². The quantitative estimate of drug-likeness (QED) is 0.00923. The number of nitrogens with one attached hydrogen (secondary N) is 1. The maximum Gasteiger partial charge on any atom is 1.00 e. The molecule has 141 heavy (non-hydrogen) atoms. The van der Waals surface area contributed by atoms with Crippen molar-refractivity contribution < 1.29 is 105 Å². The van der Waals surface area contributed by atoms with Crippen LogP contribution in [-0.4, -0.2) is 231 Å². The van der Waals surface area contributed by atoms with Crippen LogP contribution < -0.4 is 40.6 Å². The third-order valence-electron chi connectivity index (χ3n) is 28.6. The van der Waals surface area contributed by atoms with E-state index in [1.807, 2.05) is 0 Å². The van der Waals surface area contributed by atoms with Crippen LogP contribution in [0.25, 0.3) is 0 Å². The molecule has 3 radical (unpaired) electrons. The molecule has 837 valence electrons. The summed E-state index contributed by atoms with van der Waals surface area (Å²) in [4.78, 5) is 68.8. The Morgan fingerprint density at radius 3 is 0.823 bits per heavy atom. The molecule has 0 aliphatic heterocycles. The van der Waals surface area contributed by atoms with Gasteiger partial charge < -0.3 is 71.9 Å². The van der Waals surface area contributed by atoms with Crippen molar-refractivity contribution in [2.24, 2.45) is 29.4 Å². The molecule has 0 bridgehead atoms. The first-order chi connectivity index (χ1) is 66.9. The van der Waals surface area contributed by atoms with Crippen LogP contribution in [-0.2, 0) is 42.9 Å². The molecular formula is C118H239BClN5NaO15. The fraction of sp³-hybridized carbons (Fsp3) is 0.958. The molecule has 3 fully saturated rings. The number of esters is 4. The fourth-order valence-electron chi connectivity index (χ4n) is 19.4. The molecule has 20 nitrogen and oxygen atoms in total. The summed E-state index contributed by atoms with van der Waals surface area (Å²) >= 11 is 6.13. The summed E-state index contributed by atoms with van der Waals surface area (Å²) in [6, 6.07) is 0.943. The largest absolute Gasteiger partial charge is 1.00 e. The van der Waals surface area contributed by atoms with Crippen molar-refractivity contribution in [3.63, 3.8) is 0 Å². The number of aliphatic hydroxyl groups excluding tert-OH is 6. The van der Waals surface area contributed by atoms with Gasteiger partial charge in [-0.25, -0.2) is 0 Å². The molecule has 3 aliphatic rings. The summed E-state index contributed by atoms with van der Waals surface area (Å²) in [6.45, 7) is 29.5. The van der Waals surface area contributed by atoms with E-state index in [4.69, 9.17) is 51.6 Å². The monoisotopic (exact) mass is 2040 g/mol. The maximum absolute atomic E-state index is 12.8. The molecule has 4 atom stereocenters. The minimum atomic E-state index is -0.201. The van der Waals surface area contributed by atoms with Crippen molar-refractivity contribution >= 4 is 49.7 Å². The molecule has 0 aromatic rings. The molecule has 0 spiro atoms. The van der Waals surface area contributed by atoms with Crippen molar-refractivity contribution in [1.29, 1.82) is 0 Å². The van der Waals surface area contributed by atoms with Gasteiger partial charge in [0.1, 0.15) is 5.78 Å². The van der Waals surface area contributed by atoms with Crippen molar-refractivity contribution in [2.45, 2.75) is 589 Å². The molecule has 3 saturated carbocycles. The standard InChI is InChI=1S/C54H106N2O6.C46H90ClNO4.C8H17NO2.C6H10O2.C2H7NO.2CH4.B.Na.H/c1-5-9-13-17-19-25-33-49(31-23-15-11-7-3)47-61-53(59)35-27-21-29-41-55(43-44-56(45-46-57)51-37-39-52(58)40-38-51)42-30-22-28-36-54(60)62-48-50(32-24-16-12-8-4)34-26-20-18-14-10-6-2;1-5-9-13-17-19-25-33-43(31-23-15-11-7-3)41-51-45(49)35-27-21-29-38-48(40-37-47)39-30-22-28-36-46(50)52-42-44(32-24-16-12-8-4)34-26-20-18-14-10-6-2;10-6-5-9-7-1-3-8(11)4-2-7;7-5-1-2-6(8)4-3-5;3-1-2-4;;;;;/h49-52,57-58H,5-48H2,1-4H3;43-44H,5-42H2,1-4H3;7-11H,1-6H2;5,7H,1-4H2;4H,1-3H2;2*1H4;;;/q;;;;;;;;+1;-1. The van der Waals surface area contributed by atoms with Crippen LogP contribution in [0.4, 0.5) is 0 Å². The van der Waals surface area contributed by atoms with E-state index < -0.39 is 0 Å². The minimum Gasteiger partial charge on any atom is -1.00 e. The van der Waals surface area contributed by atoms with Gasteiger partial charge in [-0.1, -0.05) is 353 Å². The predicted octanol–water partition coefficient (Wildman–Crippen LogP) is 25.5. The third-order valence-corrected chi connectivity index (χ3v) is 28.8. The zero-order valence-corrected chi connectivity index (χ0v) is 95.7. The molecule has 0 heterocycles. The van der Waals surface area contributed by atoms with Gasteiger partial charge in [0.05, 0.1) is 64.6 Å². The molecule has 9 N–H and O–H groups in total. The van der Waals surface area contributed by atoms with E-state index in [2.05, 4.69) is 75.4 Å². The van der Waals surface area contributed by atoms with Crippen molar-refractivity contribution in [1.82, 2.24) is 20.0 Å². The Morgan fingerprint density at radius 2 is 0.574 bits per heavy atom. The number of ketones is 1. The van der Waals surface area contributed by atoms with E-state index in [0.717, 1.165) is 174 Å². The Kier molecular flexibility index (Phi) is 126. The first kappa shape index (κ1) is 150. The first-order valence-electron chi connectivity index (χ1n) is 59.1. The average Bonchev–Trinajstić information content (AvgIpc) is 0.876. The van der Waals surface area contributed by atoms with Crippen LogP contribution >= 0.6 is 11.6 Å². The maximum atomic E-state index is 12.8. The average molecular weight is 2040 g/mol. The van der Waals surface area contributed by atoms with Crippen molar-refractivity contribution in [3.8, 4) is 0 Å². The van der Waals surface area contributed by atoms with Gasteiger partial charge in [-0.2, -0.15) is 0 Å². The SMILES string of the molecule is C.C.CCCCCCCCC(CCCCCC)COC(=O)CCCCCN(CCCCCC(=O)OCC(CCCCCC)CCCCCCCC)CCN(CCO)C1CCC(O)CC1.CCCCCCCCC(CCCCCC)COC(=O)CCCCCN(CCCl)CCCCCC(=O)OCC(CCCCCC)CCCCCCCC.NCCO.O=C1CCC(O)CC1.OCCNC1CCC(O)CC1.[B].[H-].[Na+]. The second kappa shape index (κ2) is 119. The van der Waals surface area contributed by atoms with Gasteiger partial charge in [-0.3, -0.25) is 28.9 Å². The number of aliphatic hydroxyl groups is 6. The Labute approximate surface area is 903 Å². The van der Waals surface area contributed by atoms with E-state index in [0.29, 0.717) is 145 Å². The van der Waals surface area contributed by atoms with Crippen molar-refractivity contribution in [3.05, 3.63) is 0 Å². The number of nitrogens with zero attached hydrogens (tertiary/aromatic N) is 3. The van der Waals surface area contributed by atoms with Crippen LogP contribution in [0.2, 0.25) is 0 Å².